The van der Waals surface area contributed by atoms with Crippen LogP contribution in [0.1, 0.15) is 6.92 Å². The molecule has 6 heteroatoms. The zero-order valence-corrected chi connectivity index (χ0v) is 11.6. The Bertz CT molecular complexity index is 701. The van der Waals surface area contributed by atoms with E-state index in [1.165, 1.54) is 6.92 Å². The molecule has 21 heavy (non-hydrogen) atoms. The Morgan fingerprint density at radius 3 is 3.14 bits per heavy atom. The van der Waals surface area contributed by atoms with E-state index in [4.69, 9.17) is 4.74 Å². The third kappa shape index (κ3) is 2.79. The second-order valence-corrected chi connectivity index (χ2v) is 4.93. The maximum absolute atomic E-state index is 11.9. The molecule has 1 N–H and O–H groups in total. The van der Waals surface area contributed by atoms with Crippen molar-refractivity contribution in [3.63, 3.8) is 0 Å². The lowest BCUT2D eigenvalue weighted by Gasteiger charge is -2.13. The van der Waals surface area contributed by atoms with Gasteiger partial charge < -0.3 is 10.1 Å². The van der Waals surface area contributed by atoms with Gasteiger partial charge in [-0.15, -0.1) is 0 Å². The van der Waals surface area contributed by atoms with E-state index >= 15 is 0 Å². The molecule has 2 heterocycles. The molecule has 0 radical (unpaired) electrons. The SMILES string of the molecule is CC(=O)NC[C@H]1CN(c2ccc3ncccc3c2)C(=O)O1. The fraction of sp³-hybridized carbons (Fsp3) is 0.267. The molecule has 108 valence electrons. The van der Waals surface area contributed by atoms with Crippen molar-refractivity contribution in [1.29, 1.82) is 0 Å². The lowest BCUT2D eigenvalue weighted by molar-refractivity contribution is -0.119. The highest BCUT2D eigenvalue weighted by Gasteiger charge is 2.32. The number of anilines is 1. The number of cyclic esters (lactones) is 1. The standard InChI is InChI=1S/C15H15N3O3/c1-10(19)17-8-13-9-18(15(20)21-13)12-4-5-14-11(7-12)3-2-6-16-14/h2-7,13H,8-9H2,1H3,(H,17,19)/t13-/m0/s1. The van der Waals surface area contributed by atoms with Crippen molar-refractivity contribution in [2.75, 3.05) is 18.0 Å². The number of fused-ring (bicyclic) bond motifs is 1. The van der Waals surface area contributed by atoms with Crippen molar-refractivity contribution < 1.29 is 14.3 Å². The van der Waals surface area contributed by atoms with E-state index < -0.39 is 6.09 Å². The number of benzene rings is 1. The summed E-state index contributed by atoms with van der Waals surface area (Å²) >= 11 is 0. The first-order chi connectivity index (χ1) is 10.1. The summed E-state index contributed by atoms with van der Waals surface area (Å²) in [7, 11) is 0. The molecule has 0 saturated carbocycles. The van der Waals surface area contributed by atoms with Gasteiger partial charge in [0.15, 0.2) is 0 Å². The maximum Gasteiger partial charge on any atom is 0.414 e. The van der Waals surface area contributed by atoms with Crippen LogP contribution >= 0.6 is 0 Å². The number of ether oxygens (including phenoxy) is 1. The number of hydrogen-bond acceptors (Lipinski definition) is 4. The maximum atomic E-state index is 11.9. The molecule has 1 aliphatic rings. The Kier molecular flexibility index (Phi) is 3.43. The van der Waals surface area contributed by atoms with Gasteiger partial charge in [0.25, 0.3) is 0 Å². The highest BCUT2D eigenvalue weighted by molar-refractivity contribution is 5.93. The van der Waals surface area contributed by atoms with Gasteiger partial charge in [-0.1, -0.05) is 6.07 Å². The van der Waals surface area contributed by atoms with Crippen LogP contribution < -0.4 is 10.2 Å². The molecule has 1 atom stereocenters. The van der Waals surface area contributed by atoms with E-state index in [1.807, 2.05) is 30.3 Å². The molecule has 0 bridgehead atoms. The third-order valence-electron chi connectivity index (χ3n) is 3.35. The molecule has 3 rings (SSSR count). The molecule has 0 spiro atoms. The van der Waals surface area contributed by atoms with Gasteiger partial charge in [0.05, 0.1) is 18.6 Å². The van der Waals surface area contributed by atoms with Crippen molar-refractivity contribution >= 4 is 28.6 Å². The predicted octanol–water partition coefficient (Wildman–Crippen LogP) is 1.70. The summed E-state index contributed by atoms with van der Waals surface area (Å²) < 4.78 is 5.25. The number of amides is 2. The molecule has 1 fully saturated rings. The zero-order chi connectivity index (χ0) is 14.8. The normalized spacial score (nSPS) is 17.9. The van der Waals surface area contributed by atoms with Crippen molar-refractivity contribution in [3.05, 3.63) is 36.5 Å². The summed E-state index contributed by atoms with van der Waals surface area (Å²) in [5.74, 6) is -0.138. The summed E-state index contributed by atoms with van der Waals surface area (Å²) in [5.41, 5.74) is 1.65. The van der Waals surface area contributed by atoms with Gasteiger partial charge in [0.1, 0.15) is 6.10 Å². The minimum Gasteiger partial charge on any atom is -0.442 e. The summed E-state index contributed by atoms with van der Waals surface area (Å²) in [6, 6.07) is 9.43. The highest BCUT2D eigenvalue weighted by atomic mass is 16.6. The Morgan fingerprint density at radius 2 is 2.33 bits per heavy atom. The van der Waals surface area contributed by atoms with Gasteiger partial charge >= 0.3 is 6.09 Å². The summed E-state index contributed by atoms with van der Waals surface area (Å²) in [6.45, 7) is 2.18. The van der Waals surface area contributed by atoms with E-state index in [0.29, 0.717) is 13.1 Å². The minimum absolute atomic E-state index is 0.138. The second-order valence-electron chi connectivity index (χ2n) is 4.93. The van der Waals surface area contributed by atoms with E-state index in [1.54, 1.807) is 11.1 Å². The lowest BCUT2D eigenvalue weighted by Crippen LogP contribution is -2.33. The summed E-state index contributed by atoms with van der Waals surface area (Å²) in [5, 5.41) is 3.62. The van der Waals surface area contributed by atoms with Crippen molar-refractivity contribution in [1.82, 2.24) is 10.3 Å². The molecule has 1 aromatic carbocycles. The Labute approximate surface area is 121 Å². The molecule has 6 nitrogen and oxygen atoms in total. The summed E-state index contributed by atoms with van der Waals surface area (Å²) in [4.78, 5) is 28.7. The van der Waals surface area contributed by atoms with Gasteiger partial charge in [-0.3, -0.25) is 14.7 Å². The number of carbonyl (C=O) groups is 2. The number of hydrogen-bond donors (Lipinski definition) is 1. The number of pyridine rings is 1. The van der Waals surface area contributed by atoms with Gasteiger partial charge in [-0.2, -0.15) is 0 Å². The smallest absolute Gasteiger partial charge is 0.414 e. The van der Waals surface area contributed by atoms with Gasteiger partial charge in [0.2, 0.25) is 5.91 Å². The monoisotopic (exact) mass is 285 g/mol. The summed E-state index contributed by atoms with van der Waals surface area (Å²) in [6.07, 6.45) is 1.01. The quantitative estimate of drug-likeness (QED) is 0.931. The Balaban J connectivity index is 1.79. The first-order valence-electron chi connectivity index (χ1n) is 6.71. The van der Waals surface area contributed by atoms with Crippen LogP contribution in [0, 0.1) is 0 Å². The van der Waals surface area contributed by atoms with E-state index in [9.17, 15) is 9.59 Å². The van der Waals surface area contributed by atoms with Gasteiger partial charge in [0, 0.05) is 24.2 Å². The Hall–Kier alpha value is -2.63. The second kappa shape index (κ2) is 5.40. The van der Waals surface area contributed by atoms with Gasteiger partial charge in [-0.05, 0) is 24.3 Å². The van der Waals surface area contributed by atoms with Crippen molar-refractivity contribution in [3.8, 4) is 0 Å². The van der Waals surface area contributed by atoms with E-state index in [2.05, 4.69) is 10.3 Å². The minimum atomic E-state index is -0.395. The fourth-order valence-electron chi connectivity index (χ4n) is 2.33. The number of aromatic nitrogens is 1. The van der Waals surface area contributed by atoms with E-state index in [-0.39, 0.29) is 12.0 Å². The number of carbonyl (C=O) groups excluding carboxylic acids is 2. The average molecular weight is 285 g/mol. The number of nitrogens with one attached hydrogen (secondary N) is 1. The molecular formula is C15H15N3O3. The molecule has 1 saturated heterocycles. The van der Waals surface area contributed by atoms with Crippen LogP contribution in [0.3, 0.4) is 0 Å². The molecule has 2 amide bonds. The van der Waals surface area contributed by atoms with Crippen molar-refractivity contribution in [2.45, 2.75) is 13.0 Å². The van der Waals surface area contributed by atoms with Gasteiger partial charge in [-0.25, -0.2) is 4.79 Å². The topological polar surface area (TPSA) is 71.5 Å². The third-order valence-corrected chi connectivity index (χ3v) is 3.35. The van der Waals surface area contributed by atoms with Crippen LogP contribution in [-0.4, -0.2) is 36.2 Å². The Morgan fingerprint density at radius 1 is 1.48 bits per heavy atom. The largest absolute Gasteiger partial charge is 0.442 e. The molecular weight excluding hydrogens is 270 g/mol. The average Bonchev–Trinajstić information content (AvgIpc) is 2.86. The molecule has 1 aliphatic heterocycles. The highest BCUT2D eigenvalue weighted by Crippen LogP contribution is 2.25. The van der Waals surface area contributed by atoms with Crippen LogP contribution in [0.5, 0.6) is 0 Å². The van der Waals surface area contributed by atoms with Crippen molar-refractivity contribution in [2.24, 2.45) is 0 Å². The molecule has 2 aromatic rings. The van der Waals surface area contributed by atoms with Crippen LogP contribution in [0.25, 0.3) is 10.9 Å². The van der Waals surface area contributed by atoms with Crippen LogP contribution in [0.15, 0.2) is 36.5 Å². The first-order valence-corrected chi connectivity index (χ1v) is 6.71. The lowest BCUT2D eigenvalue weighted by atomic mass is 10.2. The zero-order valence-electron chi connectivity index (χ0n) is 11.6. The predicted molar refractivity (Wildman–Crippen MR) is 78.0 cm³/mol. The molecule has 0 unspecified atom stereocenters. The number of rotatable bonds is 3. The van der Waals surface area contributed by atoms with Crippen LogP contribution in [-0.2, 0) is 9.53 Å². The van der Waals surface area contributed by atoms with Crippen LogP contribution in [0.2, 0.25) is 0 Å². The van der Waals surface area contributed by atoms with E-state index in [0.717, 1.165) is 16.6 Å². The number of nitrogens with zero attached hydrogens (tertiary/aromatic N) is 2. The molecule has 0 aliphatic carbocycles. The molecule has 1 aromatic heterocycles. The fourth-order valence-corrected chi connectivity index (χ4v) is 2.33. The first kappa shape index (κ1) is 13.4. The van der Waals surface area contributed by atoms with Crippen LogP contribution in [0.4, 0.5) is 10.5 Å².